The van der Waals surface area contributed by atoms with Crippen LogP contribution >= 0.6 is 22.9 Å². The third kappa shape index (κ3) is 12.5. The van der Waals surface area contributed by atoms with Gasteiger partial charge in [0.1, 0.15) is 41.7 Å². The number of nitrogens with zero attached hydrogens (tertiary/aromatic N) is 5. The van der Waals surface area contributed by atoms with E-state index in [2.05, 4.69) is 20.9 Å². The van der Waals surface area contributed by atoms with Crippen LogP contribution in [0.15, 0.2) is 29.9 Å². The first-order valence-electron chi connectivity index (χ1n) is 23.4. The van der Waals surface area contributed by atoms with Crippen molar-refractivity contribution in [2.75, 3.05) is 34.2 Å². The molecular weight excluding hydrogens is 913 g/mol. The summed E-state index contributed by atoms with van der Waals surface area (Å²) in [7, 11) is 4.47. The lowest BCUT2D eigenvalue weighted by Crippen LogP contribution is -2.60. The number of rotatable bonds is 11. The molecule has 5 rings (SSSR count). The highest BCUT2D eigenvalue weighted by Crippen LogP contribution is 2.51. The largest absolute Gasteiger partial charge is 0.403 e. The lowest BCUT2D eigenvalue weighted by atomic mass is 9.72. The van der Waals surface area contributed by atoms with E-state index in [1.807, 2.05) is 19.9 Å². The minimum atomic E-state index is -4.79. The summed E-state index contributed by atoms with van der Waals surface area (Å²) in [6.07, 6.45) is -0.995. The van der Waals surface area contributed by atoms with Crippen LogP contribution in [0.3, 0.4) is 0 Å². The predicted octanol–water partition coefficient (Wildman–Crippen LogP) is 5.74. The Morgan fingerprint density at radius 2 is 1.63 bits per heavy atom. The number of hydrogen-bond donors (Lipinski definition) is 3. The van der Waals surface area contributed by atoms with Gasteiger partial charge in [0.15, 0.2) is 0 Å². The van der Waals surface area contributed by atoms with Gasteiger partial charge in [0.05, 0.1) is 10.4 Å². The second kappa shape index (κ2) is 23.0. The standard InChI is InChI=1S/C47H66ClF3N8O7S/c1-8-33-43(64)56(5)21-13-10-15-35(57(6)42(63)29(4)53-40(61)36-16-14-22-59(36)45(66)46(47(49,50)51)19-11-9-12-20-46)39(60)55-34(23-28(2)3)44(65)58(7)37(41(62)54-33)25-30-24-31(48)17-18-32(30)38-26-52-27-67-38/h17-18,24,26-29,33-37H,8-16,19-23,25H2,1-7H3,(H,53,61)(H,54,62)(H,55,60)/t29-,33+,34-,35-,36-,37-/m0/s1. The summed E-state index contributed by atoms with van der Waals surface area (Å²) >= 11 is 7.88. The van der Waals surface area contributed by atoms with Gasteiger partial charge in [0.2, 0.25) is 41.4 Å². The maximum atomic E-state index is 14.7. The van der Waals surface area contributed by atoms with E-state index in [9.17, 15) is 46.7 Å². The number of likely N-dealkylation sites (tertiary alicyclic amines) is 1. The van der Waals surface area contributed by atoms with E-state index in [0.717, 1.165) is 15.3 Å². The molecule has 1 saturated carbocycles. The number of nitrogens with one attached hydrogen (secondary N) is 3. The lowest BCUT2D eigenvalue weighted by molar-refractivity contribution is -0.236. The topological polar surface area (TPSA) is 181 Å². The van der Waals surface area contributed by atoms with Crippen molar-refractivity contribution >= 4 is 64.3 Å². The maximum Gasteiger partial charge on any atom is 0.403 e. The van der Waals surface area contributed by atoms with Gasteiger partial charge in [-0.05, 0) is 93.9 Å². The average Bonchev–Trinajstić information content (AvgIpc) is 4.01. The summed E-state index contributed by atoms with van der Waals surface area (Å²) in [4.78, 5) is 109. The highest BCUT2D eigenvalue weighted by atomic mass is 35.5. The molecule has 3 fully saturated rings. The normalized spacial score (nSPS) is 24.3. The smallest absolute Gasteiger partial charge is 0.344 e. The SMILES string of the molecule is CC[C@H]1NC(=O)[C@H](Cc2cc(Cl)ccc2-c2cncs2)N(C)C(=O)[C@H](CC(C)C)NC(=O)[C@@H](N(C)C(=O)[C@H](C)NC(=O)[C@@H]2CCCN2C(=O)C2(C(F)(F)F)CCCCC2)CCCCN(C)C1=O. The van der Waals surface area contributed by atoms with Crippen LogP contribution in [0.4, 0.5) is 13.2 Å². The van der Waals surface area contributed by atoms with E-state index < -0.39 is 83.3 Å². The molecule has 0 radical (unpaired) electrons. The highest BCUT2D eigenvalue weighted by molar-refractivity contribution is 7.13. The third-order valence-corrected chi connectivity index (χ3v) is 14.6. The molecular formula is C47H66ClF3N8O7S. The zero-order valence-corrected chi connectivity index (χ0v) is 41.1. The van der Waals surface area contributed by atoms with Crippen molar-refractivity contribution in [3.63, 3.8) is 0 Å². The van der Waals surface area contributed by atoms with Gasteiger partial charge in [-0.1, -0.05) is 57.7 Å². The first-order chi connectivity index (χ1) is 31.6. The molecule has 0 spiro atoms. The van der Waals surface area contributed by atoms with Crippen molar-refractivity contribution in [1.29, 1.82) is 0 Å². The van der Waals surface area contributed by atoms with Gasteiger partial charge in [-0.15, -0.1) is 11.3 Å². The molecule has 67 heavy (non-hydrogen) atoms. The molecule has 0 bridgehead atoms. The molecule has 6 atom stereocenters. The Balaban J connectivity index is 1.41. The minimum absolute atomic E-state index is 0.00979. The van der Waals surface area contributed by atoms with Crippen molar-refractivity contribution in [3.8, 4) is 10.4 Å². The summed E-state index contributed by atoms with van der Waals surface area (Å²) in [5, 5.41) is 8.81. The minimum Gasteiger partial charge on any atom is -0.344 e. The van der Waals surface area contributed by atoms with E-state index in [1.54, 1.807) is 37.8 Å². The predicted molar refractivity (Wildman–Crippen MR) is 248 cm³/mol. The fraction of sp³-hybridized carbons (Fsp3) is 0.660. The molecule has 1 aliphatic carbocycles. The van der Waals surface area contributed by atoms with E-state index >= 15 is 0 Å². The van der Waals surface area contributed by atoms with Crippen LogP contribution in [-0.4, -0.2) is 143 Å². The van der Waals surface area contributed by atoms with Crippen LogP contribution in [0.25, 0.3) is 10.4 Å². The number of carbonyl (C=O) groups excluding carboxylic acids is 7. The molecule has 7 amide bonds. The Kier molecular flexibility index (Phi) is 18.3. The van der Waals surface area contributed by atoms with Crippen LogP contribution in [0.5, 0.6) is 0 Å². The molecule has 3 heterocycles. The van der Waals surface area contributed by atoms with Crippen molar-refractivity contribution in [3.05, 3.63) is 40.5 Å². The van der Waals surface area contributed by atoms with Crippen LogP contribution in [0.2, 0.25) is 5.02 Å². The zero-order chi connectivity index (χ0) is 49.4. The number of amides is 7. The molecule has 1 aromatic carbocycles. The van der Waals surface area contributed by atoms with Crippen molar-refractivity contribution in [1.82, 2.24) is 40.5 Å². The second-order valence-electron chi connectivity index (χ2n) is 18.7. The first-order valence-corrected chi connectivity index (χ1v) is 24.6. The van der Waals surface area contributed by atoms with Gasteiger partial charge in [0, 0.05) is 51.9 Å². The molecule has 0 unspecified atom stereocenters. The Labute approximate surface area is 400 Å². The summed E-state index contributed by atoms with van der Waals surface area (Å²) < 4.78 is 43.6. The van der Waals surface area contributed by atoms with Gasteiger partial charge < -0.3 is 35.6 Å². The number of benzene rings is 1. The van der Waals surface area contributed by atoms with Gasteiger partial charge in [-0.2, -0.15) is 13.2 Å². The Bertz CT molecular complexity index is 2100. The molecule has 20 heteroatoms. The Hall–Kier alpha value is -4.78. The quantitative estimate of drug-likeness (QED) is 0.255. The van der Waals surface area contributed by atoms with E-state index in [4.69, 9.17) is 11.6 Å². The molecule has 2 aromatic rings. The van der Waals surface area contributed by atoms with Crippen molar-refractivity contribution in [2.24, 2.45) is 11.3 Å². The number of thiazole rings is 1. The van der Waals surface area contributed by atoms with Crippen molar-refractivity contribution in [2.45, 2.75) is 154 Å². The fourth-order valence-electron chi connectivity index (χ4n) is 9.63. The Morgan fingerprint density at radius 3 is 2.25 bits per heavy atom. The van der Waals surface area contributed by atoms with E-state index in [-0.39, 0.29) is 82.7 Å². The molecule has 1 aromatic heterocycles. The van der Waals surface area contributed by atoms with Crippen LogP contribution < -0.4 is 16.0 Å². The van der Waals surface area contributed by atoms with E-state index in [1.165, 1.54) is 47.1 Å². The summed E-state index contributed by atoms with van der Waals surface area (Å²) in [6, 6.07) is -1.65. The fourth-order valence-corrected chi connectivity index (χ4v) is 10.5. The molecule has 15 nitrogen and oxygen atoms in total. The summed E-state index contributed by atoms with van der Waals surface area (Å²) in [5.74, 6) is -4.86. The van der Waals surface area contributed by atoms with Gasteiger partial charge in [-0.25, -0.2) is 0 Å². The van der Waals surface area contributed by atoms with Crippen LogP contribution in [0, 0.1) is 11.3 Å². The highest BCUT2D eigenvalue weighted by Gasteiger charge is 2.62. The molecule has 2 aliphatic heterocycles. The molecule has 2 saturated heterocycles. The second-order valence-corrected chi connectivity index (χ2v) is 20.1. The molecule has 3 aliphatic rings. The number of alkyl halides is 3. The number of aromatic nitrogens is 1. The average molecular weight is 980 g/mol. The van der Waals surface area contributed by atoms with Gasteiger partial charge in [-0.3, -0.25) is 38.5 Å². The molecule has 3 N–H and O–H groups in total. The summed E-state index contributed by atoms with van der Waals surface area (Å²) in [5.41, 5.74) is 0.516. The number of carbonyl (C=O) groups is 7. The number of halogens is 4. The lowest BCUT2D eigenvalue weighted by Gasteiger charge is -2.41. The molecule has 370 valence electrons. The van der Waals surface area contributed by atoms with Crippen molar-refractivity contribution < 1.29 is 46.7 Å². The van der Waals surface area contributed by atoms with Gasteiger partial charge >= 0.3 is 6.18 Å². The number of hydrogen-bond acceptors (Lipinski definition) is 9. The summed E-state index contributed by atoms with van der Waals surface area (Å²) in [6.45, 7) is 7.16. The first kappa shape index (κ1) is 53.2. The Morgan fingerprint density at radius 1 is 0.940 bits per heavy atom. The van der Waals surface area contributed by atoms with E-state index in [0.29, 0.717) is 36.3 Å². The number of likely N-dealkylation sites (N-methyl/N-ethyl adjacent to an activating group) is 3. The zero-order valence-electron chi connectivity index (χ0n) is 39.5. The van der Waals surface area contributed by atoms with Crippen LogP contribution in [-0.2, 0) is 40.0 Å². The maximum absolute atomic E-state index is 14.7. The third-order valence-electron chi connectivity index (χ3n) is 13.6. The van der Waals surface area contributed by atoms with Crippen LogP contribution in [0.1, 0.15) is 110 Å². The van der Waals surface area contributed by atoms with Gasteiger partial charge in [0.25, 0.3) is 0 Å². The monoisotopic (exact) mass is 978 g/mol.